The van der Waals surface area contributed by atoms with E-state index in [1.165, 1.54) is 19.2 Å². The Labute approximate surface area is 97.5 Å². The van der Waals surface area contributed by atoms with Gasteiger partial charge in [-0.1, -0.05) is 11.6 Å². The van der Waals surface area contributed by atoms with Crippen molar-refractivity contribution in [2.45, 2.75) is 0 Å². The molecule has 1 aromatic carbocycles. The zero-order valence-electron chi connectivity index (χ0n) is 8.62. The summed E-state index contributed by atoms with van der Waals surface area (Å²) in [5.74, 6) is -1.00. The van der Waals surface area contributed by atoms with Crippen LogP contribution in [0.5, 0.6) is 0 Å². The highest BCUT2D eigenvalue weighted by molar-refractivity contribution is 6.34. The Hall–Kier alpha value is -1.75. The predicted octanol–water partition coefficient (Wildman–Crippen LogP) is 0.825. The molecule has 86 valence electrons. The average molecular weight is 243 g/mol. The topological polar surface area (TPSA) is 81.4 Å². The number of nitrogens with one attached hydrogen (secondary N) is 1. The first-order valence-electron chi connectivity index (χ1n) is 4.44. The zero-order valence-corrected chi connectivity index (χ0v) is 9.38. The summed E-state index contributed by atoms with van der Waals surface area (Å²) in [6, 6.07) is 4.54. The molecule has 0 atom stereocenters. The van der Waals surface area contributed by atoms with Crippen molar-refractivity contribution in [2.24, 2.45) is 0 Å². The maximum atomic E-state index is 11.6. The molecule has 5 nitrogen and oxygen atoms in total. The van der Waals surface area contributed by atoms with E-state index in [4.69, 9.17) is 17.3 Å². The van der Waals surface area contributed by atoms with Crippen LogP contribution in [0, 0.1) is 0 Å². The number of hydrogen-bond acceptors (Lipinski definition) is 4. The van der Waals surface area contributed by atoms with Crippen molar-refractivity contribution in [2.75, 3.05) is 19.4 Å². The monoisotopic (exact) mass is 242 g/mol. The number of methoxy groups -OCH3 is 1. The Bertz CT molecular complexity index is 421. The molecule has 0 bridgehead atoms. The van der Waals surface area contributed by atoms with Gasteiger partial charge in [-0.3, -0.25) is 9.59 Å². The smallest absolute Gasteiger partial charge is 0.325 e. The van der Waals surface area contributed by atoms with E-state index in [1.54, 1.807) is 6.07 Å². The molecule has 0 fully saturated rings. The normalized spacial score (nSPS) is 9.62. The van der Waals surface area contributed by atoms with Gasteiger partial charge < -0.3 is 15.8 Å². The third-order valence-electron chi connectivity index (χ3n) is 1.86. The maximum absolute atomic E-state index is 11.6. The first-order valence-corrected chi connectivity index (χ1v) is 4.82. The van der Waals surface area contributed by atoms with E-state index in [0.29, 0.717) is 5.69 Å². The van der Waals surface area contributed by atoms with Crippen LogP contribution in [-0.2, 0) is 9.53 Å². The maximum Gasteiger partial charge on any atom is 0.325 e. The lowest BCUT2D eigenvalue weighted by Crippen LogP contribution is -2.30. The Kier molecular flexibility index (Phi) is 4.13. The molecular formula is C10H11ClN2O3. The molecule has 1 rings (SSSR count). The molecule has 0 saturated carbocycles. The van der Waals surface area contributed by atoms with Crippen LogP contribution in [0.25, 0.3) is 0 Å². The summed E-state index contributed by atoms with van der Waals surface area (Å²) in [6.45, 7) is -0.208. The second-order valence-electron chi connectivity index (χ2n) is 3.00. The Morgan fingerprint density at radius 2 is 2.19 bits per heavy atom. The minimum Gasteiger partial charge on any atom is -0.468 e. The number of carbonyl (C=O) groups excluding carboxylic acids is 2. The minimum absolute atomic E-state index is 0.208. The van der Waals surface area contributed by atoms with Crippen LogP contribution < -0.4 is 11.1 Å². The lowest BCUT2D eigenvalue weighted by Gasteiger charge is -2.06. The highest BCUT2D eigenvalue weighted by Crippen LogP contribution is 2.18. The van der Waals surface area contributed by atoms with E-state index in [9.17, 15) is 9.59 Å². The summed E-state index contributed by atoms with van der Waals surface area (Å²) in [7, 11) is 1.24. The standard InChI is InChI=1S/C10H11ClN2O3/c1-16-9(14)5-13-10(15)7-4-6(12)2-3-8(7)11/h2-4H,5,12H2,1H3,(H,13,15). The first kappa shape index (κ1) is 12.3. The van der Waals surface area contributed by atoms with Gasteiger partial charge >= 0.3 is 5.97 Å². The van der Waals surface area contributed by atoms with E-state index in [1.807, 2.05) is 0 Å². The molecule has 1 amide bonds. The van der Waals surface area contributed by atoms with Crippen LogP contribution in [0.15, 0.2) is 18.2 Å². The van der Waals surface area contributed by atoms with Crippen LogP contribution in [0.4, 0.5) is 5.69 Å². The van der Waals surface area contributed by atoms with Gasteiger partial charge in [-0.15, -0.1) is 0 Å². The van der Waals surface area contributed by atoms with E-state index in [-0.39, 0.29) is 17.1 Å². The largest absolute Gasteiger partial charge is 0.468 e. The number of rotatable bonds is 3. The SMILES string of the molecule is COC(=O)CNC(=O)c1cc(N)ccc1Cl. The molecule has 0 spiro atoms. The van der Waals surface area contributed by atoms with Gasteiger partial charge in [0.05, 0.1) is 17.7 Å². The number of anilines is 1. The Morgan fingerprint density at radius 3 is 2.81 bits per heavy atom. The molecular weight excluding hydrogens is 232 g/mol. The molecule has 0 aliphatic heterocycles. The molecule has 0 aromatic heterocycles. The van der Waals surface area contributed by atoms with Crippen LogP contribution in [0.3, 0.4) is 0 Å². The Balaban J connectivity index is 2.73. The van der Waals surface area contributed by atoms with Crippen molar-refractivity contribution in [3.8, 4) is 0 Å². The number of halogens is 1. The zero-order chi connectivity index (χ0) is 12.1. The van der Waals surface area contributed by atoms with Crippen molar-refractivity contribution < 1.29 is 14.3 Å². The number of carbonyl (C=O) groups is 2. The van der Waals surface area contributed by atoms with E-state index < -0.39 is 11.9 Å². The lowest BCUT2D eigenvalue weighted by atomic mass is 10.2. The van der Waals surface area contributed by atoms with Crippen LogP contribution in [0.2, 0.25) is 5.02 Å². The van der Waals surface area contributed by atoms with Crippen LogP contribution >= 0.6 is 11.6 Å². The second-order valence-corrected chi connectivity index (χ2v) is 3.41. The van der Waals surface area contributed by atoms with Gasteiger partial charge in [0.2, 0.25) is 0 Å². The number of benzene rings is 1. The average Bonchev–Trinajstić information content (AvgIpc) is 2.28. The molecule has 1 aromatic rings. The number of ether oxygens (including phenoxy) is 1. The number of nitrogen functional groups attached to an aromatic ring is 1. The van der Waals surface area contributed by atoms with Gasteiger partial charge in [-0.2, -0.15) is 0 Å². The highest BCUT2D eigenvalue weighted by atomic mass is 35.5. The lowest BCUT2D eigenvalue weighted by molar-refractivity contribution is -0.139. The summed E-state index contributed by atoms with van der Waals surface area (Å²) < 4.78 is 4.38. The van der Waals surface area contributed by atoms with Gasteiger partial charge in [0.1, 0.15) is 6.54 Å². The van der Waals surface area contributed by atoms with Gasteiger partial charge in [-0.25, -0.2) is 0 Å². The summed E-state index contributed by atoms with van der Waals surface area (Å²) in [6.07, 6.45) is 0. The number of hydrogen-bond donors (Lipinski definition) is 2. The molecule has 6 heteroatoms. The van der Waals surface area contributed by atoms with E-state index in [0.717, 1.165) is 0 Å². The van der Waals surface area contributed by atoms with Crippen molar-refractivity contribution in [1.82, 2.24) is 5.32 Å². The van der Waals surface area contributed by atoms with Gasteiger partial charge in [0.25, 0.3) is 5.91 Å². The third-order valence-corrected chi connectivity index (χ3v) is 2.19. The second kappa shape index (κ2) is 5.37. The number of nitrogens with two attached hydrogens (primary N) is 1. The molecule has 16 heavy (non-hydrogen) atoms. The molecule has 0 heterocycles. The molecule has 0 aliphatic rings. The molecule has 3 N–H and O–H groups in total. The molecule has 0 saturated heterocycles. The van der Waals surface area contributed by atoms with Gasteiger partial charge in [0, 0.05) is 5.69 Å². The highest BCUT2D eigenvalue weighted by Gasteiger charge is 2.11. The minimum atomic E-state index is -0.534. The van der Waals surface area contributed by atoms with Gasteiger partial charge in [0.15, 0.2) is 0 Å². The van der Waals surface area contributed by atoms with E-state index in [2.05, 4.69) is 10.1 Å². The van der Waals surface area contributed by atoms with Crippen molar-refractivity contribution in [3.05, 3.63) is 28.8 Å². The van der Waals surface area contributed by atoms with E-state index >= 15 is 0 Å². The van der Waals surface area contributed by atoms with Crippen molar-refractivity contribution in [1.29, 1.82) is 0 Å². The van der Waals surface area contributed by atoms with Crippen LogP contribution in [0.1, 0.15) is 10.4 Å². The Morgan fingerprint density at radius 1 is 1.50 bits per heavy atom. The van der Waals surface area contributed by atoms with Gasteiger partial charge in [-0.05, 0) is 18.2 Å². The summed E-state index contributed by atoms with van der Waals surface area (Å²) in [4.78, 5) is 22.4. The molecule has 0 aliphatic carbocycles. The summed E-state index contributed by atoms with van der Waals surface area (Å²) in [5, 5.41) is 2.64. The predicted molar refractivity (Wildman–Crippen MR) is 60.2 cm³/mol. The number of esters is 1. The number of amides is 1. The third kappa shape index (κ3) is 3.13. The van der Waals surface area contributed by atoms with Crippen molar-refractivity contribution >= 4 is 29.2 Å². The van der Waals surface area contributed by atoms with Crippen molar-refractivity contribution in [3.63, 3.8) is 0 Å². The van der Waals surface area contributed by atoms with Crippen LogP contribution in [-0.4, -0.2) is 25.5 Å². The molecule has 0 radical (unpaired) electrons. The summed E-state index contributed by atoms with van der Waals surface area (Å²) in [5.41, 5.74) is 6.17. The molecule has 0 unspecified atom stereocenters. The quantitative estimate of drug-likeness (QED) is 0.608. The summed E-state index contributed by atoms with van der Waals surface area (Å²) >= 11 is 5.81. The fraction of sp³-hybridized carbons (Fsp3) is 0.200. The fourth-order valence-corrected chi connectivity index (χ4v) is 1.24. The first-order chi connectivity index (χ1) is 7.54. The fourth-order valence-electron chi connectivity index (χ4n) is 1.04.